The van der Waals surface area contributed by atoms with Gasteiger partial charge in [-0.3, -0.25) is 4.79 Å². The zero-order valence-electron chi connectivity index (χ0n) is 7.84. The smallest absolute Gasteiger partial charge is 0.293 e. The minimum atomic E-state index is -0.0885. The lowest BCUT2D eigenvalue weighted by atomic mass is 9.81. The summed E-state index contributed by atoms with van der Waals surface area (Å²) in [5.41, 5.74) is -0.0885. The van der Waals surface area contributed by atoms with Gasteiger partial charge < -0.3 is 4.74 Å². The lowest BCUT2D eigenvalue weighted by Crippen LogP contribution is -2.34. The molecule has 0 N–H and O–H groups in total. The second-order valence-electron chi connectivity index (χ2n) is 3.71. The summed E-state index contributed by atoms with van der Waals surface area (Å²) in [7, 11) is 0. The van der Waals surface area contributed by atoms with Gasteiger partial charge in [-0.1, -0.05) is 19.8 Å². The first-order chi connectivity index (χ1) is 5.83. The van der Waals surface area contributed by atoms with Crippen LogP contribution in [-0.2, 0) is 9.53 Å². The minimum Gasteiger partial charge on any atom is -0.461 e. The normalized spacial score (nSPS) is 21.8. The van der Waals surface area contributed by atoms with Crippen LogP contribution in [0.25, 0.3) is 0 Å². The molecule has 1 aliphatic rings. The van der Waals surface area contributed by atoms with Crippen LogP contribution in [0, 0.1) is 0 Å². The Morgan fingerprint density at radius 2 is 2.00 bits per heavy atom. The van der Waals surface area contributed by atoms with Crippen LogP contribution in [0.5, 0.6) is 0 Å². The van der Waals surface area contributed by atoms with Crippen LogP contribution in [0.4, 0.5) is 0 Å². The van der Waals surface area contributed by atoms with Crippen LogP contribution in [0.3, 0.4) is 0 Å². The average Bonchev–Trinajstić information content (AvgIpc) is 2.07. The van der Waals surface area contributed by atoms with Gasteiger partial charge in [0.1, 0.15) is 5.60 Å². The number of carbonyl (C=O) groups is 1. The molecule has 0 atom stereocenters. The van der Waals surface area contributed by atoms with Gasteiger partial charge in [0, 0.05) is 0 Å². The SMILES string of the molecule is CCCC1(OC=O)CCCCC1. The van der Waals surface area contributed by atoms with Gasteiger partial charge >= 0.3 is 0 Å². The Morgan fingerprint density at radius 1 is 1.33 bits per heavy atom. The molecule has 0 amide bonds. The summed E-state index contributed by atoms with van der Waals surface area (Å²) >= 11 is 0. The van der Waals surface area contributed by atoms with Crippen molar-refractivity contribution in [3.63, 3.8) is 0 Å². The third-order valence-electron chi connectivity index (χ3n) is 2.77. The summed E-state index contributed by atoms with van der Waals surface area (Å²) in [6, 6.07) is 0. The molecule has 0 aromatic carbocycles. The van der Waals surface area contributed by atoms with E-state index >= 15 is 0 Å². The highest BCUT2D eigenvalue weighted by Crippen LogP contribution is 2.34. The van der Waals surface area contributed by atoms with E-state index in [0.717, 1.165) is 25.7 Å². The van der Waals surface area contributed by atoms with Crippen molar-refractivity contribution in [3.05, 3.63) is 0 Å². The zero-order chi connectivity index (χ0) is 8.86. The topological polar surface area (TPSA) is 26.3 Å². The number of ether oxygens (including phenoxy) is 1. The van der Waals surface area contributed by atoms with Gasteiger partial charge in [0.25, 0.3) is 6.47 Å². The van der Waals surface area contributed by atoms with E-state index in [0.29, 0.717) is 6.47 Å². The minimum absolute atomic E-state index is 0.0885. The fraction of sp³-hybridized carbons (Fsp3) is 0.900. The number of hydrogen-bond acceptors (Lipinski definition) is 2. The van der Waals surface area contributed by atoms with Crippen LogP contribution in [0.2, 0.25) is 0 Å². The van der Waals surface area contributed by atoms with E-state index in [1.54, 1.807) is 0 Å². The summed E-state index contributed by atoms with van der Waals surface area (Å²) in [5.74, 6) is 0. The fourth-order valence-corrected chi connectivity index (χ4v) is 2.18. The summed E-state index contributed by atoms with van der Waals surface area (Å²) in [4.78, 5) is 10.3. The van der Waals surface area contributed by atoms with E-state index in [1.165, 1.54) is 19.3 Å². The molecule has 12 heavy (non-hydrogen) atoms. The first kappa shape index (κ1) is 9.56. The fourth-order valence-electron chi connectivity index (χ4n) is 2.18. The van der Waals surface area contributed by atoms with E-state index in [-0.39, 0.29) is 5.60 Å². The van der Waals surface area contributed by atoms with Gasteiger partial charge in [-0.15, -0.1) is 0 Å². The molecule has 0 aromatic rings. The first-order valence-corrected chi connectivity index (χ1v) is 4.94. The molecule has 1 fully saturated rings. The van der Waals surface area contributed by atoms with Crippen molar-refractivity contribution in [2.45, 2.75) is 57.5 Å². The molecule has 0 bridgehead atoms. The lowest BCUT2D eigenvalue weighted by Gasteiger charge is -2.35. The van der Waals surface area contributed by atoms with Crippen LogP contribution >= 0.6 is 0 Å². The highest BCUT2D eigenvalue weighted by atomic mass is 16.5. The van der Waals surface area contributed by atoms with Crippen molar-refractivity contribution in [1.29, 1.82) is 0 Å². The molecule has 2 nitrogen and oxygen atoms in total. The average molecular weight is 170 g/mol. The summed E-state index contributed by atoms with van der Waals surface area (Å²) in [6.45, 7) is 2.77. The first-order valence-electron chi connectivity index (χ1n) is 4.94. The Balaban J connectivity index is 2.49. The van der Waals surface area contributed by atoms with Gasteiger partial charge in [-0.25, -0.2) is 0 Å². The van der Waals surface area contributed by atoms with Gasteiger partial charge in [0.2, 0.25) is 0 Å². The van der Waals surface area contributed by atoms with Crippen LogP contribution < -0.4 is 0 Å². The largest absolute Gasteiger partial charge is 0.461 e. The van der Waals surface area contributed by atoms with E-state index in [1.807, 2.05) is 0 Å². The lowest BCUT2D eigenvalue weighted by molar-refractivity contribution is -0.148. The number of carbonyl (C=O) groups excluding carboxylic acids is 1. The third kappa shape index (κ3) is 2.23. The highest BCUT2D eigenvalue weighted by Gasteiger charge is 2.32. The van der Waals surface area contributed by atoms with Crippen molar-refractivity contribution in [2.24, 2.45) is 0 Å². The molecule has 0 spiro atoms. The second-order valence-corrected chi connectivity index (χ2v) is 3.71. The Bertz CT molecular complexity index is 131. The van der Waals surface area contributed by atoms with Gasteiger partial charge in [-0.05, 0) is 32.1 Å². The Labute approximate surface area is 74.3 Å². The Hall–Kier alpha value is -0.530. The number of hydrogen-bond donors (Lipinski definition) is 0. The van der Waals surface area contributed by atoms with Crippen LogP contribution in [0.15, 0.2) is 0 Å². The number of rotatable bonds is 4. The van der Waals surface area contributed by atoms with Crippen LogP contribution in [0.1, 0.15) is 51.9 Å². The van der Waals surface area contributed by atoms with Crippen molar-refractivity contribution in [3.8, 4) is 0 Å². The van der Waals surface area contributed by atoms with Gasteiger partial charge in [0.05, 0.1) is 0 Å². The molecule has 0 heterocycles. The van der Waals surface area contributed by atoms with Crippen molar-refractivity contribution >= 4 is 6.47 Å². The Morgan fingerprint density at radius 3 is 2.50 bits per heavy atom. The maximum Gasteiger partial charge on any atom is 0.293 e. The van der Waals surface area contributed by atoms with Crippen molar-refractivity contribution < 1.29 is 9.53 Å². The molecule has 0 saturated heterocycles. The maximum atomic E-state index is 10.3. The standard InChI is InChI=1S/C10H18O2/c1-2-6-10(12-9-11)7-4-3-5-8-10/h9H,2-8H2,1H3. The third-order valence-corrected chi connectivity index (χ3v) is 2.77. The van der Waals surface area contributed by atoms with E-state index in [2.05, 4.69) is 6.92 Å². The molecule has 0 aromatic heterocycles. The van der Waals surface area contributed by atoms with Gasteiger partial charge in [-0.2, -0.15) is 0 Å². The summed E-state index contributed by atoms with van der Waals surface area (Å²) in [5, 5.41) is 0. The predicted molar refractivity (Wildman–Crippen MR) is 47.9 cm³/mol. The molecule has 70 valence electrons. The quantitative estimate of drug-likeness (QED) is 0.606. The molecule has 0 unspecified atom stereocenters. The van der Waals surface area contributed by atoms with Crippen LogP contribution in [-0.4, -0.2) is 12.1 Å². The van der Waals surface area contributed by atoms with E-state index < -0.39 is 0 Å². The van der Waals surface area contributed by atoms with Crippen molar-refractivity contribution in [1.82, 2.24) is 0 Å². The maximum absolute atomic E-state index is 10.3. The monoisotopic (exact) mass is 170 g/mol. The van der Waals surface area contributed by atoms with E-state index in [4.69, 9.17) is 4.74 Å². The highest BCUT2D eigenvalue weighted by molar-refractivity contribution is 5.38. The molecular weight excluding hydrogens is 152 g/mol. The molecular formula is C10H18O2. The molecule has 1 rings (SSSR count). The van der Waals surface area contributed by atoms with Gasteiger partial charge in [0.15, 0.2) is 0 Å². The molecule has 1 saturated carbocycles. The second kappa shape index (κ2) is 4.48. The van der Waals surface area contributed by atoms with E-state index in [9.17, 15) is 4.79 Å². The van der Waals surface area contributed by atoms with Crippen molar-refractivity contribution in [2.75, 3.05) is 0 Å². The zero-order valence-corrected chi connectivity index (χ0v) is 7.84. The molecule has 0 radical (unpaired) electrons. The Kier molecular flexibility index (Phi) is 3.57. The molecule has 1 aliphatic carbocycles. The predicted octanol–water partition coefficient (Wildman–Crippen LogP) is 2.66. The molecule has 0 aliphatic heterocycles. The molecule has 2 heteroatoms. The summed E-state index contributed by atoms with van der Waals surface area (Å²) in [6.07, 6.45) is 8.01. The summed E-state index contributed by atoms with van der Waals surface area (Å²) < 4.78 is 5.23.